The van der Waals surface area contributed by atoms with E-state index >= 15 is 0 Å². The summed E-state index contributed by atoms with van der Waals surface area (Å²) in [6.07, 6.45) is 1.83. The molecule has 1 aromatic heterocycles. The van der Waals surface area contributed by atoms with Crippen molar-refractivity contribution in [2.24, 2.45) is 0 Å². The Morgan fingerprint density at radius 3 is 2.87 bits per heavy atom. The number of halogens is 1. The molecular weight excluding hydrogens is 213 g/mol. The Morgan fingerprint density at radius 2 is 2.27 bits per heavy atom. The highest BCUT2D eigenvalue weighted by Gasteiger charge is 2.10. The van der Waals surface area contributed by atoms with Crippen LogP contribution in [0.15, 0.2) is 29.2 Å². The molecular formula is C10H10FN3S. The Balaban J connectivity index is 2.57. The second kappa shape index (κ2) is 3.94. The number of rotatable bonds is 2. The number of H-pyrrole nitrogens is 1. The molecule has 0 saturated heterocycles. The molecule has 0 amide bonds. The first-order valence-corrected chi connectivity index (χ1v) is 5.58. The zero-order chi connectivity index (χ0) is 10.8. The SMILES string of the molecule is CSc1c(F)cccc1-c1cc(N)n[nH]1. The van der Waals surface area contributed by atoms with Crippen molar-refractivity contribution in [1.29, 1.82) is 0 Å². The number of anilines is 1. The van der Waals surface area contributed by atoms with E-state index < -0.39 is 0 Å². The predicted octanol–water partition coefficient (Wildman–Crippen LogP) is 2.52. The lowest BCUT2D eigenvalue weighted by Crippen LogP contribution is -1.86. The number of thioether (sulfide) groups is 1. The Morgan fingerprint density at radius 1 is 1.47 bits per heavy atom. The minimum atomic E-state index is -0.229. The number of aromatic amines is 1. The van der Waals surface area contributed by atoms with Crippen molar-refractivity contribution in [3.05, 3.63) is 30.1 Å². The lowest BCUT2D eigenvalue weighted by Gasteiger charge is -2.05. The van der Waals surface area contributed by atoms with Gasteiger partial charge < -0.3 is 5.73 Å². The van der Waals surface area contributed by atoms with Crippen LogP contribution in [-0.2, 0) is 0 Å². The molecule has 78 valence electrons. The van der Waals surface area contributed by atoms with E-state index in [4.69, 9.17) is 5.73 Å². The molecule has 0 radical (unpaired) electrons. The first-order chi connectivity index (χ1) is 7.22. The van der Waals surface area contributed by atoms with Crippen LogP contribution in [0.1, 0.15) is 0 Å². The van der Waals surface area contributed by atoms with Gasteiger partial charge in [-0.25, -0.2) is 4.39 Å². The highest BCUT2D eigenvalue weighted by molar-refractivity contribution is 7.98. The van der Waals surface area contributed by atoms with Crippen LogP contribution in [0.3, 0.4) is 0 Å². The van der Waals surface area contributed by atoms with Crippen molar-refractivity contribution in [3.63, 3.8) is 0 Å². The summed E-state index contributed by atoms with van der Waals surface area (Å²) in [6.45, 7) is 0. The van der Waals surface area contributed by atoms with Gasteiger partial charge >= 0.3 is 0 Å². The van der Waals surface area contributed by atoms with Gasteiger partial charge in [0.2, 0.25) is 0 Å². The average molecular weight is 223 g/mol. The molecule has 0 bridgehead atoms. The Kier molecular flexibility index (Phi) is 2.64. The number of nitrogens with one attached hydrogen (secondary N) is 1. The van der Waals surface area contributed by atoms with E-state index in [0.717, 1.165) is 11.3 Å². The zero-order valence-electron chi connectivity index (χ0n) is 8.12. The highest BCUT2D eigenvalue weighted by atomic mass is 32.2. The third-order valence-corrected chi connectivity index (χ3v) is 2.88. The van der Waals surface area contributed by atoms with Gasteiger partial charge in [0, 0.05) is 11.6 Å². The quantitative estimate of drug-likeness (QED) is 0.769. The van der Waals surface area contributed by atoms with E-state index in [1.807, 2.05) is 12.3 Å². The predicted molar refractivity (Wildman–Crippen MR) is 60.2 cm³/mol. The summed E-state index contributed by atoms with van der Waals surface area (Å²) in [5, 5.41) is 6.59. The van der Waals surface area contributed by atoms with E-state index in [1.54, 1.807) is 12.1 Å². The van der Waals surface area contributed by atoms with Crippen molar-refractivity contribution in [2.75, 3.05) is 12.0 Å². The van der Waals surface area contributed by atoms with Gasteiger partial charge in [-0.15, -0.1) is 11.8 Å². The molecule has 15 heavy (non-hydrogen) atoms. The number of benzene rings is 1. The van der Waals surface area contributed by atoms with E-state index in [9.17, 15) is 4.39 Å². The third kappa shape index (κ3) is 1.83. The van der Waals surface area contributed by atoms with Gasteiger partial charge in [-0.05, 0) is 12.3 Å². The molecule has 2 rings (SSSR count). The fourth-order valence-electron chi connectivity index (χ4n) is 1.40. The summed E-state index contributed by atoms with van der Waals surface area (Å²) in [7, 11) is 0. The number of nitrogen functional groups attached to an aromatic ring is 1. The Bertz CT molecular complexity index is 481. The lowest BCUT2D eigenvalue weighted by molar-refractivity contribution is 0.603. The molecule has 5 heteroatoms. The fraction of sp³-hybridized carbons (Fsp3) is 0.100. The number of nitrogens with zero attached hydrogens (tertiary/aromatic N) is 1. The molecule has 3 N–H and O–H groups in total. The van der Waals surface area contributed by atoms with Gasteiger partial charge in [-0.2, -0.15) is 5.10 Å². The van der Waals surface area contributed by atoms with Crippen molar-refractivity contribution < 1.29 is 4.39 Å². The number of nitrogens with two attached hydrogens (primary N) is 1. The molecule has 0 saturated carbocycles. The standard InChI is InChI=1S/C10H10FN3S/c1-15-10-6(3-2-4-7(10)11)8-5-9(12)14-13-8/h2-5H,1H3,(H3,12,13,14). The Labute approximate surface area is 90.9 Å². The van der Waals surface area contributed by atoms with Gasteiger partial charge in [0.25, 0.3) is 0 Å². The van der Waals surface area contributed by atoms with Crippen molar-refractivity contribution in [1.82, 2.24) is 10.2 Å². The topological polar surface area (TPSA) is 54.7 Å². The molecule has 0 aliphatic carbocycles. The van der Waals surface area contributed by atoms with E-state index in [1.165, 1.54) is 17.8 Å². The highest BCUT2D eigenvalue weighted by Crippen LogP contribution is 2.31. The van der Waals surface area contributed by atoms with Crippen LogP contribution in [0.25, 0.3) is 11.3 Å². The summed E-state index contributed by atoms with van der Waals surface area (Å²) >= 11 is 1.36. The van der Waals surface area contributed by atoms with E-state index in [-0.39, 0.29) is 5.82 Å². The summed E-state index contributed by atoms with van der Waals surface area (Å²) in [5.41, 5.74) is 7.02. The maximum Gasteiger partial charge on any atom is 0.145 e. The van der Waals surface area contributed by atoms with Crippen molar-refractivity contribution in [2.45, 2.75) is 4.90 Å². The van der Waals surface area contributed by atoms with E-state index in [0.29, 0.717) is 10.7 Å². The van der Waals surface area contributed by atoms with E-state index in [2.05, 4.69) is 10.2 Å². The molecule has 1 heterocycles. The van der Waals surface area contributed by atoms with Gasteiger partial charge in [-0.1, -0.05) is 12.1 Å². The van der Waals surface area contributed by atoms with Crippen LogP contribution in [0.2, 0.25) is 0 Å². The summed E-state index contributed by atoms with van der Waals surface area (Å²) < 4.78 is 13.5. The third-order valence-electron chi connectivity index (χ3n) is 2.06. The molecule has 0 spiro atoms. The minimum Gasteiger partial charge on any atom is -0.382 e. The molecule has 2 aromatic rings. The molecule has 3 nitrogen and oxygen atoms in total. The Hall–Kier alpha value is -1.49. The maximum absolute atomic E-state index is 13.5. The molecule has 0 aliphatic rings. The lowest BCUT2D eigenvalue weighted by atomic mass is 10.1. The maximum atomic E-state index is 13.5. The second-order valence-electron chi connectivity index (χ2n) is 3.03. The number of hydrogen-bond acceptors (Lipinski definition) is 3. The fourth-order valence-corrected chi connectivity index (χ4v) is 2.06. The number of hydrogen-bond donors (Lipinski definition) is 2. The van der Waals surface area contributed by atoms with Crippen LogP contribution in [0.5, 0.6) is 0 Å². The van der Waals surface area contributed by atoms with Crippen LogP contribution < -0.4 is 5.73 Å². The molecule has 0 fully saturated rings. The zero-order valence-corrected chi connectivity index (χ0v) is 8.94. The first-order valence-electron chi connectivity index (χ1n) is 4.36. The first kappa shape index (κ1) is 10.0. The van der Waals surface area contributed by atoms with Crippen LogP contribution >= 0.6 is 11.8 Å². The van der Waals surface area contributed by atoms with Crippen LogP contribution in [0, 0.1) is 5.82 Å². The van der Waals surface area contributed by atoms with Crippen molar-refractivity contribution >= 4 is 17.6 Å². The molecule has 0 aliphatic heterocycles. The minimum absolute atomic E-state index is 0.229. The normalized spacial score (nSPS) is 10.5. The summed E-state index contributed by atoms with van der Waals surface area (Å²) in [6, 6.07) is 6.63. The van der Waals surface area contributed by atoms with Crippen LogP contribution in [0.4, 0.5) is 10.2 Å². The van der Waals surface area contributed by atoms with Gasteiger partial charge in [0.1, 0.15) is 11.6 Å². The average Bonchev–Trinajstić information content (AvgIpc) is 2.64. The smallest absolute Gasteiger partial charge is 0.145 e. The van der Waals surface area contributed by atoms with Gasteiger partial charge in [0.15, 0.2) is 0 Å². The largest absolute Gasteiger partial charge is 0.382 e. The monoisotopic (exact) mass is 223 g/mol. The second-order valence-corrected chi connectivity index (χ2v) is 3.84. The van der Waals surface area contributed by atoms with Gasteiger partial charge in [-0.3, -0.25) is 5.10 Å². The summed E-state index contributed by atoms with van der Waals surface area (Å²) in [5.74, 6) is 0.175. The summed E-state index contributed by atoms with van der Waals surface area (Å²) in [4.78, 5) is 0.598. The van der Waals surface area contributed by atoms with Crippen LogP contribution in [-0.4, -0.2) is 16.5 Å². The van der Waals surface area contributed by atoms with Gasteiger partial charge in [0.05, 0.1) is 10.6 Å². The van der Waals surface area contributed by atoms with Crippen molar-refractivity contribution in [3.8, 4) is 11.3 Å². The molecule has 0 atom stereocenters. The molecule has 0 unspecified atom stereocenters. The number of aromatic nitrogens is 2. The molecule has 1 aromatic carbocycles.